The second-order valence-corrected chi connectivity index (χ2v) is 9.88. The summed E-state index contributed by atoms with van der Waals surface area (Å²) in [5, 5.41) is 3.00. The van der Waals surface area contributed by atoms with E-state index in [0.717, 1.165) is 22.4 Å². The summed E-state index contributed by atoms with van der Waals surface area (Å²) in [5.74, 6) is 0.321. The Kier molecular flexibility index (Phi) is 4.59. The summed E-state index contributed by atoms with van der Waals surface area (Å²) in [6, 6.07) is 23.5. The Balaban J connectivity index is 1.34. The molecule has 2 aliphatic rings. The number of urea groups is 1. The molecular weight excluding hydrogens is 396 g/mol. The van der Waals surface area contributed by atoms with Gasteiger partial charge in [0.2, 0.25) is 0 Å². The van der Waals surface area contributed by atoms with Gasteiger partial charge in [-0.05, 0) is 40.8 Å². The van der Waals surface area contributed by atoms with Gasteiger partial charge >= 0.3 is 6.03 Å². The Bertz CT molecular complexity index is 1220. The maximum atomic E-state index is 13.0. The molecule has 0 bridgehead atoms. The summed E-state index contributed by atoms with van der Waals surface area (Å²) in [6.45, 7) is 0.957. The van der Waals surface area contributed by atoms with Gasteiger partial charge in [0.25, 0.3) is 0 Å². The zero-order valence-electron chi connectivity index (χ0n) is 16.4. The number of fused-ring (bicyclic) bond motifs is 2. The van der Waals surface area contributed by atoms with E-state index in [1.807, 2.05) is 42.5 Å². The van der Waals surface area contributed by atoms with Crippen molar-refractivity contribution in [2.45, 2.75) is 23.8 Å². The molecule has 2 aliphatic heterocycles. The van der Waals surface area contributed by atoms with E-state index in [9.17, 15) is 13.2 Å². The molecule has 2 heterocycles. The van der Waals surface area contributed by atoms with Gasteiger partial charge in [0.05, 0.1) is 10.6 Å². The van der Waals surface area contributed by atoms with Crippen LogP contribution in [-0.4, -0.2) is 26.7 Å². The van der Waals surface area contributed by atoms with Crippen LogP contribution >= 0.6 is 0 Å². The molecule has 0 saturated carbocycles. The normalized spacial score (nSPS) is 18.7. The Labute approximate surface area is 176 Å². The highest BCUT2D eigenvalue weighted by molar-refractivity contribution is 7.91. The first-order valence-electron chi connectivity index (χ1n) is 10.1. The number of sulfone groups is 1. The van der Waals surface area contributed by atoms with Crippen LogP contribution < -0.4 is 10.2 Å². The van der Waals surface area contributed by atoms with E-state index in [4.69, 9.17) is 0 Å². The molecule has 0 spiro atoms. The van der Waals surface area contributed by atoms with Crippen molar-refractivity contribution in [2.24, 2.45) is 0 Å². The Morgan fingerprint density at radius 2 is 1.77 bits per heavy atom. The van der Waals surface area contributed by atoms with Crippen LogP contribution in [0, 0.1) is 0 Å². The second kappa shape index (κ2) is 7.29. The summed E-state index contributed by atoms with van der Waals surface area (Å²) in [6.07, 6.45) is 0.539. The number of aryl methyl sites for hydroxylation is 1. The van der Waals surface area contributed by atoms with Crippen molar-refractivity contribution in [1.82, 2.24) is 5.32 Å². The van der Waals surface area contributed by atoms with Gasteiger partial charge in [0, 0.05) is 24.7 Å². The number of nitrogens with zero attached hydrogens (tertiary/aromatic N) is 1. The minimum atomic E-state index is -3.13. The summed E-state index contributed by atoms with van der Waals surface area (Å²) < 4.78 is 24.0. The number of carbonyl (C=O) groups excluding carboxylic acids is 1. The first-order chi connectivity index (χ1) is 14.5. The maximum absolute atomic E-state index is 13.0. The van der Waals surface area contributed by atoms with Crippen molar-refractivity contribution in [3.8, 4) is 0 Å². The Morgan fingerprint density at radius 1 is 1.00 bits per heavy atom. The number of nitrogens with one attached hydrogen (secondary N) is 1. The number of anilines is 1. The van der Waals surface area contributed by atoms with Crippen molar-refractivity contribution in [3.63, 3.8) is 0 Å². The third-order valence-electron chi connectivity index (χ3n) is 5.96. The highest BCUT2D eigenvalue weighted by Gasteiger charge is 2.33. The molecule has 0 aliphatic carbocycles. The quantitative estimate of drug-likeness (QED) is 0.702. The lowest BCUT2D eigenvalue weighted by Crippen LogP contribution is -2.39. The highest BCUT2D eigenvalue weighted by atomic mass is 32.2. The van der Waals surface area contributed by atoms with Crippen LogP contribution in [0.15, 0.2) is 77.7 Å². The van der Waals surface area contributed by atoms with Crippen LogP contribution in [0.25, 0.3) is 0 Å². The fourth-order valence-corrected chi connectivity index (χ4v) is 5.98. The fraction of sp³-hybridized carbons (Fsp3) is 0.208. The summed E-state index contributed by atoms with van der Waals surface area (Å²) in [7, 11) is -3.13. The third-order valence-corrected chi connectivity index (χ3v) is 7.77. The van der Waals surface area contributed by atoms with Crippen LogP contribution in [0.1, 0.15) is 28.2 Å². The lowest BCUT2D eigenvalue weighted by molar-refractivity contribution is 0.246. The first-order valence-corrected chi connectivity index (χ1v) is 11.7. The van der Waals surface area contributed by atoms with Gasteiger partial charge in [-0.15, -0.1) is 0 Å². The van der Waals surface area contributed by atoms with Gasteiger partial charge in [-0.3, -0.25) is 4.90 Å². The van der Waals surface area contributed by atoms with E-state index in [0.29, 0.717) is 24.4 Å². The molecule has 2 amide bonds. The molecule has 1 atom stereocenters. The number of amides is 2. The number of carbonyl (C=O) groups is 1. The van der Waals surface area contributed by atoms with E-state index in [1.54, 1.807) is 17.0 Å². The molecule has 5 nitrogen and oxygen atoms in total. The van der Waals surface area contributed by atoms with E-state index < -0.39 is 9.84 Å². The monoisotopic (exact) mass is 418 g/mol. The predicted molar refractivity (Wildman–Crippen MR) is 117 cm³/mol. The van der Waals surface area contributed by atoms with Gasteiger partial charge in [-0.1, -0.05) is 60.7 Å². The van der Waals surface area contributed by atoms with Crippen LogP contribution in [0.5, 0.6) is 0 Å². The van der Waals surface area contributed by atoms with Crippen molar-refractivity contribution in [2.75, 3.05) is 17.2 Å². The topological polar surface area (TPSA) is 66.5 Å². The molecule has 6 heteroatoms. The molecular formula is C24H22N2O3S. The standard InChI is InChI=1S/C24H22N2O3S/c27-24(25-15-17-10-11-23-19(14-17)12-13-30(23,28)29)26-16-21(18-6-2-1-3-7-18)20-8-4-5-9-22(20)26/h1-11,14,21H,12-13,15-16H2,(H,25,27). The lowest BCUT2D eigenvalue weighted by Gasteiger charge is -2.19. The minimum Gasteiger partial charge on any atom is -0.334 e. The molecule has 5 rings (SSSR count). The summed E-state index contributed by atoms with van der Waals surface area (Å²) in [5.41, 5.74) is 5.04. The number of hydrogen-bond acceptors (Lipinski definition) is 3. The molecule has 0 aromatic heterocycles. The van der Waals surface area contributed by atoms with Gasteiger partial charge in [0.1, 0.15) is 0 Å². The van der Waals surface area contributed by atoms with Gasteiger partial charge in [0.15, 0.2) is 9.84 Å². The third kappa shape index (κ3) is 3.27. The van der Waals surface area contributed by atoms with Crippen molar-refractivity contribution in [3.05, 3.63) is 95.1 Å². The summed E-state index contributed by atoms with van der Waals surface area (Å²) >= 11 is 0. The van der Waals surface area contributed by atoms with E-state index in [2.05, 4.69) is 23.5 Å². The van der Waals surface area contributed by atoms with E-state index in [1.165, 1.54) is 5.56 Å². The molecule has 3 aromatic rings. The average Bonchev–Trinajstić information content (AvgIpc) is 3.30. The largest absolute Gasteiger partial charge is 0.334 e. The fourth-order valence-electron chi connectivity index (χ4n) is 4.44. The predicted octanol–water partition coefficient (Wildman–Crippen LogP) is 3.88. The molecule has 0 fully saturated rings. The van der Waals surface area contributed by atoms with Crippen molar-refractivity contribution >= 4 is 21.6 Å². The number of para-hydroxylation sites is 1. The van der Waals surface area contributed by atoms with Crippen molar-refractivity contribution < 1.29 is 13.2 Å². The van der Waals surface area contributed by atoms with Crippen LogP contribution in [0.2, 0.25) is 0 Å². The van der Waals surface area contributed by atoms with E-state index in [-0.39, 0.29) is 17.7 Å². The average molecular weight is 419 g/mol. The molecule has 1 unspecified atom stereocenters. The zero-order valence-corrected chi connectivity index (χ0v) is 17.2. The smallest absolute Gasteiger partial charge is 0.322 e. The van der Waals surface area contributed by atoms with Gasteiger partial charge in [-0.25, -0.2) is 13.2 Å². The maximum Gasteiger partial charge on any atom is 0.322 e. The Hall–Kier alpha value is -3.12. The Morgan fingerprint density at radius 3 is 2.60 bits per heavy atom. The van der Waals surface area contributed by atoms with Crippen molar-refractivity contribution in [1.29, 1.82) is 0 Å². The lowest BCUT2D eigenvalue weighted by atomic mass is 9.93. The molecule has 30 heavy (non-hydrogen) atoms. The minimum absolute atomic E-state index is 0.144. The van der Waals surface area contributed by atoms with Gasteiger partial charge < -0.3 is 5.32 Å². The molecule has 3 aromatic carbocycles. The molecule has 152 valence electrons. The van der Waals surface area contributed by atoms with E-state index >= 15 is 0 Å². The van der Waals surface area contributed by atoms with Crippen LogP contribution in [0.3, 0.4) is 0 Å². The molecule has 0 radical (unpaired) electrons. The first kappa shape index (κ1) is 18.9. The zero-order chi connectivity index (χ0) is 20.7. The van der Waals surface area contributed by atoms with Gasteiger partial charge in [-0.2, -0.15) is 0 Å². The molecule has 0 saturated heterocycles. The molecule has 1 N–H and O–H groups in total. The number of hydrogen-bond donors (Lipinski definition) is 1. The number of benzene rings is 3. The second-order valence-electron chi connectivity index (χ2n) is 7.80. The number of rotatable bonds is 3. The van der Waals surface area contributed by atoms with Crippen LogP contribution in [0.4, 0.5) is 10.5 Å². The SMILES string of the molecule is O=C(NCc1ccc2c(c1)CCS2(=O)=O)N1CC(c2ccccc2)c2ccccc21. The van der Waals surface area contributed by atoms with Crippen LogP contribution in [-0.2, 0) is 22.8 Å². The highest BCUT2D eigenvalue weighted by Crippen LogP contribution is 2.39. The summed E-state index contributed by atoms with van der Waals surface area (Å²) in [4.78, 5) is 15.2.